The molecule has 0 bridgehead atoms. The van der Waals surface area contributed by atoms with Gasteiger partial charge in [-0.3, -0.25) is 0 Å². The van der Waals surface area contributed by atoms with Gasteiger partial charge in [0.1, 0.15) is 6.10 Å². The van der Waals surface area contributed by atoms with E-state index in [1.807, 2.05) is 13.8 Å². The SMILES string of the molecule is CC1(C)O[C@H]2[C@@H](N)CCCC[C@H]2O1.Cl. The monoisotopic (exact) mass is 221 g/mol. The third-order valence-corrected chi connectivity index (χ3v) is 2.92. The normalized spacial score (nSPS) is 40.9. The number of rotatable bonds is 0. The molecular formula is C10H20ClNO2. The highest BCUT2D eigenvalue weighted by Crippen LogP contribution is 2.35. The lowest BCUT2D eigenvalue weighted by atomic mass is 10.1. The van der Waals surface area contributed by atoms with Crippen LogP contribution in [0.1, 0.15) is 39.5 Å². The molecule has 1 heterocycles. The first kappa shape index (κ1) is 12.2. The summed E-state index contributed by atoms with van der Waals surface area (Å²) in [5, 5.41) is 0. The van der Waals surface area contributed by atoms with Crippen LogP contribution in [0.25, 0.3) is 0 Å². The fraction of sp³-hybridized carbons (Fsp3) is 1.00. The third kappa shape index (κ3) is 2.40. The van der Waals surface area contributed by atoms with E-state index in [0.717, 1.165) is 12.8 Å². The topological polar surface area (TPSA) is 44.5 Å². The number of hydrogen-bond acceptors (Lipinski definition) is 3. The summed E-state index contributed by atoms with van der Waals surface area (Å²) in [5.41, 5.74) is 6.04. The van der Waals surface area contributed by atoms with Crippen molar-refractivity contribution < 1.29 is 9.47 Å². The van der Waals surface area contributed by atoms with E-state index in [9.17, 15) is 0 Å². The molecule has 0 spiro atoms. The Morgan fingerprint density at radius 1 is 1.14 bits per heavy atom. The Balaban J connectivity index is 0.000000980. The molecule has 4 heteroatoms. The Kier molecular flexibility index (Phi) is 3.81. The molecule has 0 aromatic carbocycles. The van der Waals surface area contributed by atoms with Crippen molar-refractivity contribution in [2.45, 2.75) is 63.6 Å². The van der Waals surface area contributed by atoms with Crippen LogP contribution in [0.2, 0.25) is 0 Å². The van der Waals surface area contributed by atoms with Crippen molar-refractivity contribution in [2.75, 3.05) is 0 Å². The summed E-state index contributed by atoms with van der Waals surface area (Å²) in [6, 6.07) is 0.161. The molecule has 0 aromatic rings. The average molecular weight is 222 g/mol. The van der Waals surface area contributed by atoms with Crippen molar-refractivity contribution in [1.82, 2.24) is 0 Å². The fourth-order valence-electron chi connectivity index (χ4n) is 2.34. The Morgan fingerprint density at radius 2 is 1.79 bits per heavy atom. The fourth-order valence-corrected chi connectivity index (χ4v) is 2.34. The van der Waals surface area contributed by atoms with Crippen LogP contribution in [0.3, 0.4) is 0 Å². The Bertz CT molecular complexity index is 199. The molecule has 3 nitrogen and oxygen atoms in total. The molecule has 0 aromatic heterocycles. The van der Waals surface area contributed by atoms with Gasteiger partial charge in [-0.2, -0.15) is 0 Å². The molecule has 0 radical (unpaired) electrons. The molecule has 3 atom stereocenters. The molecule has 1 saturated carbocycles. The van der Waals surface area contributed by atoms with E-state index < -0.39 is 5.79 Å². The van der Waals surface area contributed by atoms with Gasteiger partial charge < -0.3 is 15.2 Å². The number of ether oxygens (including phenoxy) is 2. The summed E-state index contributed by atoms with van der Waals surface area (Å²) in [7, 11) is 0. The van der Waals surface area contributed by atoms with Crippen LogP contribution in [0.4, 0.5) is 0 Å². The van der Waals surface area contributed by atoms with Crippen molar-refractivity contribution in [3.05, 3.63) is 0 Å². The van der Waals surface area contributed by atoms with E-state index in [1.54, 1.807) is 0 Å². The largest absolute Gasteiger partial charge is 0.345 e. The lowest BCUT2D eigenvalue weighted by molar-refractivity contribution is -0.149. The molecule has 1 aliphatic carbocycles. The van der Waals surface area contributed by atoms with Gasteiger partial charge in [0, 0.05) is 6.04 Å². The lowest BCUT2D eigenvalue weighted by Gasteiger charge is -2.20. The first-order chi connectivity index (χ1) is 6.08. The Labute approximate surface area is 91.7 Å². The smallest absolute Gasteiger partial charge is 0.163 e. The number of hydrogen-bond donors (Lipinski definition) is 1. The predicted octanol–water partition coefficient (Wildman–Crippen LogP) is 1.83. The van der Waals surface area contributed by atoms with Crippen molar-refractivity contribution >= 4 is 12.4 Å². The van der Waals surface area contributed by atoms with Gasteiger partial charge >= 0.3 is 0 Å². The molecular weight excluding hydrogens is 202 g/mol. The van der Waals surface area contributed by atoms with Crippen LogP contribution >= 0.6 is 12.4 Å². The van der Waals surface area contributed by atoms with Gasteiger partial charge in [0.15, 0.2) is 5.79 Å². The number of halogens is 1. The average Bonchev–Trinajstić information content (AvgIpc) is 2.26. The second kappa shape index (κ2) is 4.35. The van der Waals surface area contributed by atoms with Gasteiger partial charge in [0.25, 0.3) is 0 Å². The second-order valence-electron chi connectivity index (χ2n) is 4.59. The van der Waals surface area contributed by atoms with Crippen molar-refractivity contribution in [3.8, 4) is 0 Å². The standard InChI is InChI=1S/C10H19NO2.ClH/c1-10(2)12-8-6-4-3-5-7(11)9(8)13-10;/h7-9H,3-6,11H2,1-2H3;1H/t7-,8+,9-;/m0./s1. The quantitative estimate of drug-likeness (QED) is 0.679. The highest BCUT2D eigenvalue weighted by molar-refractivity contribution is 5.85. The number of nitrogens with two attached hydrogens (primary N) is 1. The van der Waals surface area contributed by atoms with Gasteiger partial charge in [-0.15, -0.1) is 12.4 Å². The maximum absolute atomic E-state index is 6.04. The van der Waals surface area contributed by atoms with Crippen LogP contribution in [0.15, 0.2) is 0 Å². The van der Waals surface area contributed by atoms with Gasteiger partial charge in [-0.25, -0.2) is 0 Å². The van der Waals surface area contributed by atoms with E-state index in [-0.39, 0.29) is 30.7 Å². The zero-order valence-corrected chi connectivity index (χ0v) is 9.68. The molecule has 2 N–H and O–H groups in total. The van der Waals surface area contributed by atoms with Crippen molar-refractivity contribution in [1.29, 1.82) is 0 Å². The van der Waals surface area contributed by atoms with Crippen molar-refractivity contribution in [2.24, 2.45) is 5.73 Å². The van der Waals surface area contributed by atoms with E-state index in [1.165, 1.54) is 12.8 Å². The zero-order chi connectivity index (χ0) is 9.47. The maximum atomic E-state index is 6.04. The minimum Gasteiger partial charge on any atom is -0.345 e. The minimum absolute atomic E-state index is 0. The minimum atomic E-state index is -0.426. The highest BCUT2D eigenvalue weighted by atomic mass is 35.5. The van der Waals surface area contributed by atoms with Gasteiger partial charge in [0.05, 0.1) is 6.10 Å². The van der Waals surface area contributed by atoms with E-state index in [0.29, 0.717) is 0 Å². The Hall–Kier alpha value is 0.170. The summed E-state index contributed by atoms with van der Waals surface area (Å²) >= 11 is 0. The lowest BCUT2D eigenvalue weighted by Crippen LogP contribution is -2.40. The third-order valence-electron chi connectivity index (χ3n) is 2.92. The van der Waals surface area contributed by atoms with Gasteiger partial charge in [-0.05, 0) is 26.7 Å². The predicted molar refractivity (Wildman–Crippen MR) is 57.5 cm³/mol. The van der Waals surface area contributed by atoms with Gasteiger partial charge in [-0.1, -0.05) is 12.8 Å². The zero-order valence-electron chi connectivity index (χ0n) is 8.86. The molecule has 1 aliphatic heterocycles. The molecule has 2 rings (SSSR count). The van der Waals surface area contributed by atoms with Crippen LogP contribution in [-0.4, -0.2) is 24.0 Å². The van der Waals surface area contributed by atoms with Gasteiger partial charge in [0.2, 0.25) is 0 Å². The first-order valence-corrected chi connectivity index (χ1v) is 5.20. The summed E-state index contributed by atoms with van der Waals surface area (Å²) < 4.78 is 11.6. The first-order valence-electron chi connectivity index (χ1n) is 5.20. The summed E-state index contributed by atoms with van der Waals surface area (Å²) in [4.78, 5) is 0. The van der Waals surface area contributed by atoms with E-state index in [2.05, 4.69) is 0 Å². The van der Waals surface area contributed by atoms with Crippen LogP contribution in [0.5, 0.6) is 0 Å². The summed E-state index contributed by atoms with van der Waals surface area (Å²) in [6.45, 7) is 3.93. The molecule has 2 aliphatic rings. The van der Waals surface area contributed by atoms with Crippen LogP contribution in [-0.2, 0) is 9.47 Å². The molecule has 0 unspecified atom stereocenters. The molecule has 1 saturated heterocycles. The second-order valence-corrected chi connectivity index (χ2v) is 4.59. The summed E-state index contributed by atoms with van der Waals surface area (Å²) in [5.74, 6) is -0.426. The highest BCUT2D eigenvalue weighted by Gasteiger charge is 2.44. The Morgan fingerprint density at radius 3 is 2.50 bits per heavy atom. The molecule has 0 amide bonds. The summed E-state index contributed by atoms with van der Waals surface area (Å²) in [6.07, 6.45) is 4.95. The van der Waals surface area contributed by atoms with E-state index in [4.69, 9.17) is 15.2 Å². The molecule has 14 heavy (non-hydrogen) atoms. The number of fused-ring (bicyclic) bond motifs is 1. The van der Waals surface area contributed by atoms with Crippen molar-refractivity contribution in [3.63, 3.8) is 0 Å². The van der Waals surface area contributed by atoms with Crippen LogP contribution < -0.4 is 5.73 Å². The molecule has 2 fully saturated rings. The molecule has 84 valence electrons. The van der Waals surface area contributed by atoms with Crippen LogP contribution in [0, 0.1) is 0 Å². The van der Waals surface area contributed by atoms with E-state index >= 15 is 0 Å². The maximum Gasteiger partial charge on any atom is 0.163 e.